The zero-order valence-corrected chi connectivity index (χ0v) is 13.7. The fourth-order valence-electron chi connectivity index (χ4n) is 2.63. The van der Waals surface area contributed by atoms with Gasteiger partial charge in [-0.25, -0.2) is 9.18 Å². The monoisotopic (exact) mass is 341 g/mol. The third-order valence-electron chi connectivity index (χ3n) is 3.79. The van der Waals surface area contributed by atoms with Gasteiger partial charge in [-0.3, -0.25) is 14.5 Å². The zero-order chi connectivity index (χ0) is 18.1. The highest BCUT2D eigenvalue weighted by Gasteiger charge is 2.37. The first-order chi connectivity index (χ1) is 11.9. The second kappa shape index (κ2) is 6.35. The number of urea groups is 1. The van der Waals surface area contributed by atoms with Crippen molar-refractivity contribution < 1.29 is 18.8 Å². The quantitative estimate of drug-likeness (QED) is 0.839. The van der Waals surface area contributed by atoms with Gasteiger partial charge in [-0.15, -0.1) is 0 Å². The maximum atomic E-state index is 12.9. The Balaban J connectivity index is 1.75. The fraction of sp³-hybridized carbons (Fsp3) is 0.167. The van der Waals surface area contributed by atoms with Crippen LogP contribution in [0.25, 0.3) is 0 Å². The van der Waals surface area contributed by atoms with Crippen LogP contribution in [0.2, 0.25) is 0 Å². The Morgan fingerprint density at radius 1 is 0.920 bits per heavy atom. The van der Waals surface area contributed by atoms with Gasteiger partial charge in [0.15, 0.2) is 0 Å². The van der Waals surface area contributed by atoms with Gasteiger partial charge in [-0.05, 0) is 56.3 Å². The molecule has 7 heteroatoms. The number of carbonyl (C=O) groups is 3. The Bertz CT molecular complexity index is 862. The number of imide groups is 1. The minimum absolute atomic E-state index is 0.245. The van der Waals surface area contributed by atoms with Gasteiger partial charge >= 0.3 is 6.03 Å². The predicted molar refractivity (Wildman–Crippen MR) is 91.1 cm³/mol. The van der Waals surface area contributed by atoms with Crippen LogP contribution in [-0.4, -0.2) is 28.8 Å². The van der Waals surface area contributed by atoms with E-state index < -0.39 is 11.8 Å². The van der Waals surface area contributed by atoms with Crippen LogP contribution in [0.3, 0.4) is 0 Å². The summed E-state index contributed by atoms with van der Waals surface area (Å²) >= 11 is 0. The Hall–Kier alpha value is -3.22. The summed E-state index contributed by atoms with van der Waals surface area (Å²) < 4.78 is 12.9. The molecule has 4 amide bonds. The molecule has 0 aliphatic carbocycles. The Kier molecular flexibility index (Phi) is 4.22. The van der Waals surface area contributed by atoms with E-state index in [1.165, 1.54) is 41.3 Å². The van der Waals surface area contributed by atoms with Gasteiger partial charge < -0.3 is 10.6 Å². The van der Waals surface area contributed by atoms with Crippen LogP contribution >= 0.6 is 0 Å². The second-order valence-corrected chi connectivity index (χ2v) is 5.92. The van der Waals surface area contributed by atoms with Gasteiger partial charge in [0.25, 0.3) is 11.8 Å². The smallest absolute Gasteiger partial charge is 0.308 e. The van der Waals surface area contributed by atoms with Gasteiger partial charge in [0.05, 0.1) is 11.1 Å². The lowest BCUT2D eigenvalue weighted by Gasteiger charge is -2.17. The van der Waals surface area contributed by atoms with Gasteiger partial charge in [0, 0.05) is 17.4 Å². The van der Waals surface area contributed by atoms with E-state index in [-0.39, 0.29) is 23.4 Å². The number of benzene rings is 2. The molecule has 0 unspecified atom stereocenters. The first-order valence-corrected chi connectivity index (χ1v) is 7.72. The van der Waals surface area contributed by atoms with E-state index in [4.69, 9.17) is 0 Å². The summed E-state index contributed by atoms with van der Waals surface area (Å²) in [5.74, 6) is -1.11. The lowest BCUT2D eigenvalue weighted by molar-refractivity contribution is 0.0609. The van der Waals surface area contributed by atoms with Crippen molar-refractivity contribution in [2.45, 2.75) is 19.9 Å². The molecule has 0 saturated heterocycles. The van der Waals surface area contributed by atoms with E-state index in [0.717, 1.165) is 0 Å². The topological polar surface area (TPSA) is 78.5 Å². The molecule has 2 N–H and O–H groups in total. The summed E-state index contributed by atoms with van der Waals surface area (Å²) in [5, 5.41) is 5.14. The highest BCUT2D eigenvalue weighted by atomic mass is 19.1. The van der Waals surface area contributed by atoms with Crippen LogP contribution in [0.5, 0.6) is 0 Å². The Morgan fingerprint density at radius 3 is 2.12 bits per heavy atom. The van der Waals surface area contributed by atoms with Gasteiger partial charge in [-0.2, -0.15) is 0 Å². The van der Waals surface area contributed by atoms with E-state index in [1.54, 1.807) is 19.9 Å². The SMILES string of the molecule is CC(C)N1C(=O)c2ccc(NC(=O)Nc3ccc(F)cc3)cc2C1=O. The van der Waals surface area contributed by atoms with Crippen molar-refractivity contribution in [2.75, 3.05) is 10.6 Å². The molecule has 2 aromatic rings. The molecule has 0 bridgehead atoms. The third kappa shape index (κ3) is 3.21. The molecule has 0 aromatic heterocycles. The summed E-state index contributed by atoms with van der Waals surface area (Å²) in [4.78, 5) is 37.8. The van der Waals surface area contributed by atoms with E-state index in [9.17, 15) is 18.8 Å². The number of nitrogens with one attached hydrogen (secondary N) is 2. The molecule has 25 heavy (non-hydrogen) atoms. The van der Waals surface area contributed by atoms with Crippen molar-refractivity contribution in [1.29, 1.82) is 0 Å². The predicted octanol–water partition coefficient (Wildman–Crippen LogP) is 3.47. The maximum Gasteiger partial charge on any atom is 0.323 e. The van der Waals surface area contributed by atoms with Gasteiger partial charge in [-0.1, -0.05) is 0 Å². The molecule has 3 rings (SSSR count). The summed E-state index contributed by atoms with van der Waals surface area (Å²) in [7, 11) is 0. The highest BCUT2D eigenvalue weighted by molar-refractivity contribution is 6.22. The summed E-state index contributed by atoms with van der Waals surface area (Å²) in [6.45, 7) is 3.52. The van der Waals surface area contributed by atoms with Crippen molar-refractivity contribution in [3.63, 3.8) is 0 Å². The van der Waals surface area contributed by atoms with Crippen LogP contribution in [0.1, 0.15) is 34.6 Å². The number of amides is 4. The third-order valence-corrected chi connectivity index (χ3v) is 3.79. The fourth-order valence-corrected chi connectivity index (χ4v) is 2.63. The lowest BCUT2D eigenvalue weighted by atomic mass is 10.1. The molecule has 1 aliphatic heterocycles. The van der Waals surface area contributed by atoms with Gasteiger partial charge in [0.1, 0.15) is 5.82 Å². The number of carbonyl (C=O) groups excluding carboxylic acids is 3. The number of rotatable bonds is 3. The molecule has 0 spiro atoms. The second-order valence-electron chi connectivity index (χ2n) is 5.92. The molecule has 0 saturated carbocycles. The van der Waals surface area contributed by atoms with Crippen LogP contribution in [-0.2, 0) is 0 Å². The van der Waals surface area contributed by atoms with E-state index in [2.05, 4.69) is 10.6 Å². The first-order valence-electron chi connectivity index (χ1n) is 7.72. The van der Waals surface area contributed by atoms with Crippen molar-refractivity contribution in [1.82, 2.24) is 4.90 Å². The number of nitrogens with zero attached hydrogens (tertiary/aromatic N) is 1. The number of hydrogen-bond donors (Lipinski definition) is 2. The summed E-state index contributed by atoms with van der Waals surface area (Å²) in [5.41, 5.74) is 1.39. The molecule has 1 aliphatic rings. The van der Waals surface area contributed by atoms with Crippen LogP contribution in [0, 0.1) is 5.82 Å². The van der Waals surface area contributed by atoms with Gasteiger partial charge in [0.2, 0.25) is 0 Å². The van der Waals surface area contributed by atoms with Crippen LogP contribution in [0.4, 0.5) is 20.6 Å². The van der Waals surface area contributed by atoms with Crippen molar-refractivity contribution in [2.24, 2.45) is 0 Å². The van der Waals surface area contributed by atoms with E-state index in [0.29, 0.717) is 16.9 Å². The normalized spacial score (nSPS) is 13.2. The molecule has 6 nitrogen and oxygen atoms in total. The Labute approximate surface area is 143 Å². The number of halogens is 1. The average Bonchev–Trinajstić information content (AvgIpc) is 2.80. The first kappa shape index (κ1) is 16.6. The van der Waals surface area contributed by atoms with E-state index >= 15 is 0 Å². The molecule has 0 fully saturated rings. The average molecular weight is 341 g/mol. The van der Waals surface area contributed by atoms with Crippen LogP contribution in [0.15, 0.2) is 42.5 Å². The minimum atomic E-state index is -0.538. The molecule has 128 valence electrons. The van der Waals surface area contributed by atoms with Crippen LogP contribution < -0.4 is 10.6 Å². The summed E-state index contributed by atoms with van der Waals surface area (Å²) in [6, 6.07) is 9.09. The van der Waals surface area contributed by atoms with Crippen molar-refractivity contribution in [3.8, 4) is 0 Å². The lowest BCUT2D eigenvalue weighted by Crippen LogP contribution is -2.35. The molecular weight excluding hydrogens is 325 g/mol. The molecule has 0 atom stereocenters. The highest BCUT2D eigenvalue weighted by Crippen LogP contribution is 2.27. The molecule has 2 aromatic carbocycles. The summed E-state index contributed by atoms with van der Waals surface area (Å²) in [6.07, 6.45) is 0. The molecule has 0 radical (unpaired) electrons. The number of anilines is 2. The molecular formula is C18H16FN3O3. The van der Waals surface area contributed by atoms with E-state index in [1.807, 2.05) is 0 Å². The molecule has 1 heterocycles. The standard InChI is InChI=1S/C18H16FN3O3/c1-10(2)22-16(23)14-8-7-13(9-15(14)17(22)24)21-18(25)20-12-5-3-11(19)4-6-12/h3-10H,1-2H3,(H2,20,21,25). The number of fused-ring (bicyclic) bond motifs is 1. The zero-order valence-electron chi connectivity index (χ0n) is 13.7. The largest absolute Gasteiger partial charge is 0.323 e. The van der Waals surface area contributed by atoms with Crippen molar-refractivity contribution >= 4 is 29.2 Å². The Morgan fingerprint density at radius 2 is 1.48 bits per heavy atom. The minimum Gasteiger partial charge on any atom is -0.308 e. The van der Waals surface area contributed by atoms with Crippen molar-refractivity contribution in [3.05, 3.63) is 59.4 Å². The maximum absolute atomic E-state index is 12.9. The number of hydrogen-bond acceptors (Lipinski definition) is 3.